The van der Waals surface area contributed by atoms with Gasteiger partial charge in [0.05, 0.1) is 6.04 Å². The third-order valence-corrected chi connectivity index (χ3v) is 5.23. The Hall–Kier alpha value is -0.850. The van der Waals surface area contributed by atoms with Crippen LogP contribution >= 0.6 is 24.8 Å². The maximum Gasteiger partial charge on any atom is 0.239 e. The van der Waals surface area contributed by atoms with Gasteiger partial charge in [0.15, 0.2) is 0 Å². The number of piperazine rings is 1. The number of halogens is 2. The van der Waals surface area contributed by atoms with Crippen molar-refractivity contribution in [2.24, 2.45) is 11.7 Å². The van der Waals surface area contributed by atoms with Crippen LogP contribution in [0.15, 0.2) is 24.3 Å². The molecule has 0 saturated carbocycles. The van der Waals surface area contributed by atoms with Crippen LogP contribution in [0.1, 0.15) is 24.0 Å². The lowest BCUT2D eigenvalue weighted by Crippen LogP contribution is -2.55. The molecule has 0 aliphatic carbocycles. The molecule has 7 heteroatoms. The van der Waals surface area contributed by atoms with E-state index in [2.05, 4.69) is 36.1 Å². The van der Waals surface area contributed by atoms with Gasteiger partial charge in [0, 0.05) is 45.9 Å². The molecule has 1 atom stereocenters. The summed E-state index contributed by atoms with van der Waals surface area (Å²) in [5, 5.41) is 0. The Morgan fingerprint density at radius 2 is 1.85 bits per heavy atom. The van der Waals surface area contributed by atoms with Crippen LogP contribution in [0.2, 0.25) is 0 Å². The van der Waals surface area contributed by atoms with Crippen LogP contribution in [-0.2, 0) is 16.1 Å². The lowest BCUT2D eigenvalue weighted by Gasteiger charge is -2.37. The lowest BCUT2D eigenvalue weighted by atomic mass is 9.91. The number of carbonyl (C=O) groups excluding carboxylic acids is 1. The van der Waals surface area contributed by atoms with E-state index in [1.165, 1.54) is 11.1 Å². The minimum Gasteiger partial charge on any atom is -0.381 e. The quantitative estimate of drug-likeness (QED) is 0.836. The Labute approximate surface area is 169 Å². The highest BCUT2D eigenvalue weighted by Gasteiger charge is 2.31. The molecule has 0 spiro atoms. The standard InChI is InChI=1S/C19H29N3O2.2ClH/c1-15-3-2-4-16(13-15)14-21-7-9-22(10-8-21)19(23)18(20)17-5-11-24-12-6-17;;/h2-4,13,17-18H,5-12,14,20H2,1H3;2*1H. The molecule has 26 heavy (non-hydrogen) atoms. The Morgan fingerprint density at radius 3 is 2.46 bits per heavy atom. The van der Waals surface area contributed by atoms with Crippen molar-refractivity contribution in [3.05, 3.63) is 35.4 Å². The van der Waals surface area contributed by atoms with Gasteiger partial charge in [-0.2, -0.15) is 0 Å². The molecular formula is C19H31Cl2N3O2. The average Bonchev–Trinajstić information content (AvgIpc) is 2.62. The second-order valence-electron chi connectivity index (χ2n) is 7.07. The fraction of sp³-hybridized carbons (Fsp3) is 0.632. The van der Waals surface area contributed by atoms with E-state index < -0.39 is 0 Å². The molecule has 1 amide bonds. The Morgan fingerprint density at radius 1 is 1.19 bits per heavy atom. The van der Waals surface area contributed by atoms with Gasteiger partial charge in [0.1, 0.15) is 0 Å². The van der Waals surface area contributed by atoms with E-state index in [9.17, 15) is 4.79 Å². The molecule has 0 bridgehead atoms. The maximum absolute atomic E-state index is 12.6. The molecule has 2 aliphatic rings. The normalized spacial score (nSPS) is 20.0. The molecule has 2 heterocycles. The van der Waals surface area contributed by atoms with E-state index >= 15 is 0 Å². The summed E-state index contributed by atoms with van der Waals surface area (Å²) in [6, 6.07) is 8.27. The summed E-state index contributed by atoms with van der Waals surface area (Å²) < 4.78 is 5.37. The highest BCUT2D eigenvalue weighted by molar-refractivity contribution is 5.85. The van der Waals surface area contributed by atoms with E-state index in [1.54, 1.807) is 0 Å². The summed E-state index contributed by atoms with van der Waals surface area (Å²) in [5.41, 5.74) is 8.87. The predicted octanol–water partition coefficient (Wildman–Crippen LogP) is 2.24. The van der Waals surface area contributed by atoms with Gasteiger partial charge < -0.3 is 15.4 Å². The molecule has 3 rings (SSSR count). The van der Waals surface area contributed by atoms with Crippen molar-refractivity contribution >= 4 is 30.7 Å². The first-order valence-electron chi connectivity index (χ1n) is 9.03. The molecule has 1 aromatic rings. The summed E-state index contributed by atoms with van der Waals surface area (Å²) in [6.07, 6.45) is 1.81. The number of aryl methyl sites for hydroxylation is 1. The molecule has 2 saturated heterocycles. The van der Waals surface area contributed by atoms with Crippen molar-refractivity contribution in [1.82, 2.24) is 9.80 Å². The first-order valence-corrected chi connectivity index (χ1v) is 9.03. The van der Waals surface area contributed by atoms with Crippen LogP contribution in [0, 0.1) is 12.8 Å². The molecular weight excluding hydrogens is 373 g/mol. The number of nitrogens with two attached hydrogens (primary N) is 1. The zero-order valence-corrected chi connectivity index (χ0v) is 17.1. The number of nitrogens with zero attached hydrogens (tertiary/aromatic N) is 2. The zero-order chi connectivity index (χ0) is 16.9. The van der Waals surface area contributed by atoms with Crippen LogP contribution in [0.4, 0.5) is 0 Å². The van der Waals surface area contributed by atoms with Gasteiger partial charge in [-0.05, 0) is 31.2 Å². The highest BCUT2D eigenvalue weighted by Crippen LogP contribution is 2.20. The molecule has 5 nitrogen and oxygen atoms in total. The minimum absolute atomic E-state index is 0. The maximum atomic E-state index is 12.6. The van der Waals surface area contributed by atoms with Crippen LogP contribution in [0.5, 0.6) is 0 Å². The van der Waals surface area contributed by atoms with E-state index in [0.29, 0.717) is 0 Å². The first kappa shape index (κ1) is 23.2. The van der Waals surface area contributed by atoms with E-state index in [-0.39, 0.29) is 42.7 Å². The fourth-order valence-corrected chi connectivity index (χ4v) is 3.68. The third kappa shape index (κ3) is 6.10. The van der Waals surface area contributed by atoms with Gasteiger partial charge in [0.25, 0.3) is 0 Å². The van der Waals surface area contributed by atoms with E-state index in [0.717, 1.165) is 58.8 Å². The SMILES string of the molecule is Cc1cccc(CN2CCN(C(=O)C(N)C3CCOCC3)CC2)c1.Cl.Cl. The summed E-state index contributed by atoms with van der Waals surface area (Å²) in [4.78, 5) is 17.0. The molecule has 1 unspecified atom stereocenters. The molecule has 2 aliphatic heterocycles. The van der Waals surface area contributed by atoms with Gasteiger partial charge in [-0.15, -0.1) is 24.8 Å². The Bertz CT molecular complexity index is 559. The van der Waals surface area contributed by atoms with E-state index in [1.807, 2.05) is 4.90 Å². The molecule has 0 aromatic heterocycles. The van der Waals surface area contributed by atoms with Gasteiger partial charge in [-0.1, -0.05) is 29.8 Å². The summed E-state index contributed by atoms with van der Waals surface area (Å²) >= 11 is 0. The summed E-state index contributed by atoms with van der Waals surface area (Å²) in [6.45, 7) is 7.93. The van der Waals surface area contributed by atoms with Crippen molar-refractivity contribution in [3.8, 4) is 0 Å². The molecule has 2 N–H and O–H groups in total. The number of hydrogen-bond donors (Lipinski definition) is 1. The van der Waals surface area contributed by atoms with Crippen LogP contribution in [0.25, 0.3) is 0 Å². The van der Waals surface area contributed by atoms with Crippen LogP contribution in [-0.4, -0.2) is 61.1 Å². The monoisotopic (exact) mass is 403 g/mol. The van der Waals surface area contributed by atoms with Gasteiger partial charge >= 0.3 is 0 Å². The predicted molar refractivity (Wildman–Crippen MR) is 109 cm³/mol. The number of carbonyl (C=O) groups is 1. The number of hydrogen-bond acceptors (Lipinski definition) is 4. The second-order valence-corrected chi connectivity index (χ2v) is 7.07. The van der Waals surface area contributed by atoms with Crippen molar-refractivity contribution in [3.63, 3.8) is 0 Å². The molecule has 2 fully saturated rings. The molecule has 1 aromatic carbocycles. The smallest absolute Gasteiger partial charge is 0.239 e. The highest BCUT2D eigenvalue weighted by atomic mass is 35.5. The lowest BCUT2D eigenvalue weighted by molar-refractivity contribution is -0.136. The number of benzene rings is 1. The van der Waals surface area contributed by atoms with Crippen LogP contribution in [0.3, 0.4) is 0 Å². The second kappa shape index (κ2) is 11.1. The number of amides is 1. The number of ether oxygens (including phenoxy) is 1. The fourth-order valence-electron chi connectivity index (χ4n) is 3.68. The average molecular weight is 404 g/mol. The summed E-state index contributed by atoms with van der Waals surface area (Å²) in [7, 11) is 0. The van der Waals surface area contributed by atoms with Crippen LogP contribution < -0.4 is 5.73 Å². The first-order chi connectivity index (χ1) is 11.6. The van der Waals surface area contributed by atoms with Gasteiger partial charge in [-0.3, -0.25) is 9.69 Å². The van der Waals surface area contributed by atoms with Crippen molar-refractivity contribution < 1.29 is 9.53 Å². The van der Waals surface area contributed by atoms with Gasteiger partial charge in [-0.25, -0.2) is 0 Å². The topological polar surface area (TPSA) is 58.8 Å². The minimum atomic E-state index is -0.364. The Balaban J connectivity index is 0.00000169. The van der Waals surface area contributed by atoms with Gasteiger partial charge in [0.2, 0.25) is 5.91 Å². The molecule has 0 radical (unpaired) electrons. The third-order valence-electron chi connectivity index (χ3n) is 5.23. The number of rotatable bonds is 4. The summed E-state index contributed by atoms with van der Waals surface area (Å²) in [5.74, 6) is 0.397. The van der Waals surface area contributed by atoms with Crippen molar-refractivity contribution in [1.29, 1.82) is 0 Å². The largest absolute Gasteiger partial charge is 0.381 e. The zero-order valence-electron chi connectivity index (χ0n) is 15.4. The van der Waals surface area contributed by atoms with Crippen molar-refractivity contribution in [2.45, 2.75) is 32.4 Å². The Kier molecular flexibility index (Phi) is 9.90. The van der Waals surface area contributed by atoms with E-state index in [4.69, 9.17) is 10.5 Å². The molecule has 148 valence electrons. The van der Waals surface area contributed by atoms with Crippen molar-refractivity contribution in [2.75, 3.05) is 39.4 Å².